The topological polar surface area (TPSA) is 97.5 Å². The molecule has 2 rings (SSSR count). The monoisotopic (exact) mass is 418 g/mol. The summed E-state index contributed by atoms with van der Waals surface area (Å²) in [6, 6.07) is 3.80. The third kappa shape index (κ3) is 3.96. The lowest BCUT2D eigenvalue weighted by Crippen LogP contribution is -2.32. The molecule has 10 heteroatoms. The van der Waals surface area contributed by atoms with Gasteiger partial charge < -0.3 is 5.73 Å². The van der Waals surface area contributed by atoms with Crippen LogP contribution in [0, 0.1) is 0 Å². The predicted octanol–water partition coefficient (Wildman–Crippen LogP) is 0.996. The number of sulfonamides is 1. The van der Waals surface area contributed by atoms with E-state index >= 15 is 0 Å². The van der Waals surface area contributed by atoms with Gasteiger partial charge in [-0.2, -0.15) is 4.31 Å². The Kier molecular flexibility index (Phi) is 5.85. The molecule has 21 heavy (non-hydrogen) atoms. The number of hydrogen-bond acceptors (Lipinski definition) is 5. The van der Waals surface area contributed by atoms with Crippen molar-refractivity contribution in [2.24, 2.45) is 5.73 Å². The van der Waals surface area contributed by atoms with E-state index in [-0.39, 0.29) is 34.8 Å². The first-order chi connectivity index (χ1) is 9.12. The molecule has 1 saturated heterocycles. The zero-order valence-electron chi connectivity index (χ0n) is 11.2. The first-order valence-electron chi connectivity index (χ1n) is 5.88. The summed E-state index contributed by atoms with van der Waals surface area (Å²) in [5.74, 6) is 0. The molecule has 0 aliphatic carbocycles. The molecule has 1 heterocycles. The van der Waals surface area contributed by atoms with Gasteiger partial charge in [-0.15, -0.1) is 12.4 Å². The van der Waals surface area contributed by atoms with Crippen LogP contribution < -0.4 is 5.73 Å². The smallest absolute Gasteiger partial charge is 0.244 e. The van der Waals surface area contributed by atoms with Crippen LogP contribution in [0.1, 0.15) is 6.42 Å². The lowest BCUT2D eigenvalue weighted by molar-refractivity contribution is 0.472. The van der Waals surface area contributed by atoms with E-state index in [0.717, 1.165) is 6.26 Å². The third-order valence-electron chi connectivity index (χ3n) is 3.14. The molecule has 1 atom stereocenters. The third-order valence-corrected chi connectivity index (χ3v) is 7.11. The van der Waals surface area contributed by atoms with Crippen LogP contribution in [-0.2, 0) is 19.9 Å². The molecular weight excluding hydrogens is 404 g/mol. The maximum absolute atomic E-state index is 12.5. The molecule has 1 aromatic rings. The van der Waals surface area contributed by atoms with Gasteiger partial charge in [-0.1, -0.05) is 0 Å². The molecule has 2 N–H and O–H groups in total. The average Bonchev–Trinajstić information content (AvgIpc) is 2.75. The molecule has 0 aromatic heterocycles. The Hall–Kier alpha value is -0.190. The van der Waals surface area contributed by atoms with Crippen molar-refractivity contribution in [3.63, 3.8) is 0 Å². The summed E-state index contributed by atoms with van der Waals surface area (Å²) in [6.07, 6.45) is 1.64. The van der Waals surface area contributed by atoms with Gasteiger partial charge in [0.15, 0.2) is 9.84 Å². The van der Waals surface area contributed by atoms with Crippen molar-refractivity contribution in [1.29, 1.82) is 0 Å². The highest BCUT2D eigenvalue weighted by atomic mass is 79.9. The number of rotatable bonds is 3. The molecule has 120 valence electrons. The van der Waals surface area contributed by atoms with Crippen LogP contribution in [0.3, 0.4) is 0 Å². The summed E-state index contributed by atoms with van der Waals surface area (Å²) < 4.78 is 49.8. The molecule has 1 unspecified atom stereocenters. The molecule has 6 nitrogen and oxygen atoms in total. The largest absolute Gasteiger partial charge is 0.326 e. The summed E-state index contributed by atoms with van der Waals surface area (Å²) >= 11 is 3.16. The van der Waals surface area contributed by atoms with Gasteiger partial charge in [0.05, 0.1) is 9.79 Å². The second-order valence-corrected chi connectivity index (χ2v) is 9.55. The Balaban J connectivity index is 0.00000220. The lowest BCUT2D eigenvalue weighted by atomic mass is 10.3. The Labute approximate surface area is 139 Å². The molecule has 1 aliphatic rings. The molecule has 0 radical (unpaired) electrons. The molecule has 0 bridgehead atoms. The summed E-state index contributed by atoms with van der Waals surface area (Å²) in [4.78, 5) is -0.0719. The Morgan fingerprint density at radius 1 is 1.29 bits per heavy atom. The van der Waals surface area contributed by atoms with Crippen molar-refractivity contribution >= 4 is 48.2 Å². The second kappa shape index (κ2) is 6.51. The summed E-state index contributed by atoms with van der Waals surface area (Å²) in [5, 5.41) is 0. The van der Waals surface area contributed by atoms with E-state index < -0.39 is 19.9 Å². The van der Waals surface area contributed by atoms with Gasteiger partial charge in [0.2, 0.25) is 10.0 Å². The van der Waals surface area contributed by atoms with E-state index in [9.17, 15) is 16.8 Å². The van der Waals surface area contributed by atoms with Gasteiger partial charge in [0.1, 0.15) is 0 Å². The van der Waals surface area contributed by atoms with Crippen molar-refractivity contribution in [3.8, 4) is 0 Å². The minimum absolute atomic E-state index is 0. The average molecular weight is 420 g/mol. The van der Waals surface area contributed by atoms with Crippen LogP contribution in [0.5, 0.6) is 0 Å². The van der Waals surface area contributed by atoms with E-state index in [1.165, 1.54) is 22.5 Å². The molecule has 1 fully saturated rings. The van der Waals surface area contributed by atoms with Crippen molar-refractivity contribution in [3.05, 3.63) is 22.7 Å². The number of halogens is 2. The van der Waals surface area contributed by atoms with Gasteiger partial charge in [-0.25, -0.2) is 16.8 Å². The highest BCUT2D eigenvalue weighted by Gasteiger charge is 2.32. The second-order valence-electron chi connectivity index (χ2n) is 4.78. The fourth-order valence-electron chi connectivity index (χ4n) is 2.02. The minimum atomic E-state index is -3.74. The minimum Gasteiger partial charge on any atom is -0.326 e. The Bertz CT molecular complexity index is 737. The zero-order chi connectivity index (χ0) is 15.1. The summed E-state index contributed by atoms with van der Waals surface area (Å²) in [5.41, 5.74) is 5.72. The van der Waals surface area contributed by atoms with Crippen molar-refractivity contribution in [1.82, 2.24) is 4.31 Å². The van der Waals surface area contributed by atoms with Gasteiger partial charge >= 0.3 is 0 Å². The Morgan fingerprint density at radius 2 is 1.90 bits per heavy atom. The number of sulfone groups is 1. The maximum atomic E-state index is 12.5. The van der Waals surface area contributed by atoms with Gasteiger partial charge in [0, 0.05) is 29.9 Å². The van der Waals surface area contributed by atoms with Crippen LogP contribution in [0.15, 0.2) is 32.5 Å². The normalized spacial score (nSPS) is 20.2. The summed E-state index contributed by atoms with van der Waals surface area (Å²) in [7, 11) is -7.21. The highest BCUT2D eigenvalue weighted by molar-refractivity contribution is 9.10. The van der Waals surface area contributed by atoms with Crippen molar-refractivity contribution in [2.45, 2.75) is 22.3 Å². The predicted molar refractivity (Wildman–Crippen MR) is 85.9 cm³/mol. The van der Waals surface area contributed by atoms with Crippen LogP contribution in [0.2, 0.25) is 0 Å². The first-order valence-corrected chi connectivity index (χ1v) is 10.00. The molecule has 0 amide bonds. The molecule has 1 aromatic carbocycles. The van der Waals surface area contributed by atoms with Gasteiger partial charge in [-0.05, 0) is 40.5 Å². The maximum Gasteiger partial charge on any atom is 0.244 e. The molecule has 1 aliphatic heterocycles. The standard InChI is InChI=1S/C11H15BrN2O4S2.ClH/c1-19(15,16)9-2-3-10(12)11(6-9)20(17,18)14-5-4-8(13)7-14;/h2-3,6,8H,4-5,7,13H2,1H3;1H. The lowest BCUT2D eigenvalue weighted by Gasteiger charge is -2.17. The Morgan fingerprint density at radius 3 is 2.38 bits per heavy atom. The molecular formula is C11H16BrClN2O4S2. The fraction of sp³-hybridized carbons (Fsp3) is 0.455. The quantitative estimate of drug-likeness (QED) is 0.788. The van der Waals surface area contributed by atoms with Crippen LogP contribution >= 0.6 is 28.3 Å². The van der Waals surface area contributed by atoms with Crippen LogP contribution in [-0.4, -0.2) is 46.5 Å². The molecule has 0 spiro atoms. The SMILES string of the molecule is CS(=O)(=O)c1ccc(Br)c(S(=O)(=O)N2CCC(N)C2)c1.Cl. The van der Waals surface area contributed by atoms with Crippen LogP contribution in [0.4, 0.5) is 0 Å². The zero-order valence-corrected chi connectivity index (χ0v) is 15.2. The van der Waals surface area contributed by atoms with Crippen molar-refractivity contribution < 1.29 is 16.8 Å². The van der Waals surface area contributed by atoms with E-state index in [0.29, 0.717) is 17.4 Å². The number of nitrogens with two attached hydrogens (primary N) is 1. The number of nitrogens with zero attached hydrogens (tertiary/aromatic N) is 1. The number of hydrogen-bond donors (Lipinski definition) is 1. The fourth-order valence-corrected chi connectivity index (χ4v) is 5.21. The van der Waals surface area contributed by atoms with E-state index in [2.05, 4.69) is 15.9 Å². The van der Waals surface area contributed by atoms with Crippen LogP contribution in [0.25, 0.3) is 0 Å². The van der Waals surface area contributed by atoms with Gasteiger partial charge in [0.25, 0.3) is 0 Å². The number of benzene rings is 1. The highest BCUT2D eigenvalue weighted by Crippen LogP contribution is 2.29. The first kappa shape index (κ1) is 18.9. The van der Waals surface area contributed by atoms with Gasteiger partial charge in [-0.3, -0.25) is 0 Å². The molecule has 0 saturated carbocycles. The summed E-state index contributed by atoms with van der Waals surface area (Å²) in [6.45, 7) is 0.594. The van der Waals surface area contributed by atoms with E-state index in [1.807, 2.05) is 0 Å². The van der Waals surface area contributed by atoms with Crippen molar-refractivity contribution in [2.75, 3.05) is 19.3 Å². The van der Waals surface area contributed by atoms with E-state index in [4.69, 9.17) is 5.73 Å². The van der Waals surface area contributed by atoms with E-state index in [1.54, 1.807) is 0 Å².